The zero-order chi connectivity index (χ0) is 14.8. The number of benzene rings is 1. The zero-order valence-electron chi connectivity index (χ0n) is 12.4. The predicted octanol–water partition coefficient (Wildman–Crippen LogP) is 2.72. The van der Waals surface area contributed by atoms with Gasteiger partial charge >= 0.3 is 0 Å². The lowest BCUT2D eigenvalue weighted by atomic mass is 10.0. The molecule has 1 fully saturated rings. The summed E-state index contributed by atoms with van der Waals surface area (Å²) in [5, 5.41) is 3.04. The van der Waals surface area contributed by atoms with Crippen LogP contribution in [-0.4, -0.2) is 42.0 Å². The fraction of sp³-hybridized carbons (Fsp3) is 0.375. The highest BCUT2D eigenvalue weighted by molar-refractivity contribution is 7.13. The molecule has 0 atom stereocenters. The van der Waals surface area contributed by atoms with E-state index in [1.54, 1.807) is 11.3 Å². The van der Waals surface area contributed by atoms with E-state index in [0.29, 0.717) is 0 Å². The average molecular weight is 301 g/mol. The maximum atomic E-state index is 12.7. The molecule has 1 amide bonds. The number of aryl methyl sites for hydroxylation is 1. The molecule has 110 valence electrons. The van der Waals surface area contributed by atoms with Crippen molar-refractivity contribution in [3.05, 3.63) is 46.5 Å². The van der Waals surface area contributed by atoms with E-state index >= 15 is 0 Å². The van der Waals surface area contributed by atoms with Gasteiger partial charge in [-0.1, -0.05) is 12.1 Å². The number of amides is 1. The highest BCUT2D eigenvalue weighted by Gasteiger charge is 2.24. The molecule has 1 aliphatic rings. The molecule has 0 aliphatic carbocycles. The first-order chi connectivity index (χ1) is 10.2. The van der Waals surface area contributed by atoms with E-state index in [1.165, 1.54) is 5.56 Å². The first kappa shape index (κ1) is 14.1. The number of carbonyl (C=O) groups excluding carboxylic acids is 1. The van der Waals surface area contributed by atoms with Crippen molar-refractivity contribution in [2.24, 2.45) is 0 Å². The van der Waals surface area contributed by atoms with Crippen LogP contribution in [0.5, 0.6) is 0 Å². The van der Waals surface area contributed by atoms with E-state index in [2.05, 4.69) is 9.88 Å². The van der Waals surface area contributed by atoms with Crippen LogP contribution in [0.4, 0.5) is 5.13 Å². The summed E-state index contributed by atoms with van der Waals surface area (Å²) >= 11 is 1.65. The van der Waals surface area contributed by atoms with Crippen LogP contribution in [0.1, 0.15) is 21.5 Å². The second-order valence-corrected chi connectivity index (χ2v) is 6.21. The highest BCUT2D eigenvalue weighted by Crippen LogP contribution is 2.21. The molecule has 2 heterocycles. The van der Waals surface area contributed by atoms with Crippen LogP contribution in [0.15, 0.2) is 29.8 Å². The van der Waals surface area contributed by atoms with Gasteiger partial charge in [-0.3, -0.25) is 4.79 Å². The zero-order valence-corrected chi connectivity index (χ0v) is 13.2. The molecule has 0 bridgehead atoms. The maximum absolute atomic E-state index is 12.7. The Balaban J connectivity index is 1.69. The molecule has 0 N–H and O–H groups in total. The van der Waals surface area contributed by atoms with E-state index in [9.17, 15) is 4.79 Å². The van der Waals surface area contributed by atoms with Gasteiger partial charge in [-0.25, -0.2) is 4.98 Å². The van der Waals surface area contributed by atoms with Gasteiger partial charge in [0.05, 0.1) is 0 Å². The van der Waals surface area contributed by atoms with Gasteiger partial charge in [-0.15, -0.1) is 11.3 Å². The van der Waals surface area contributed by atoms with Gasteiger partial charge in [0.25, 0.3) is 5.91 Å². The summed E-state index contributed by atoms with van der Waals surface area (Å²) in [7, 11) is 0. The topological polar surface area (TPSA) is 36.4 Å². The lowest BCUT2D eigenvalue weighted by molar-refractivity contribution is 0.0746. The first-order valence-electron chi connectivity index (χ1n) is 7.17. The number of carbonyl (C=O) groups is 1. The third-order valence-electron chi connectivity index (χ3n) is 4.09. The largest absolute Gasteiger partial charge is 0.345 e. The van der Waals surface area contributed by atoms with Crippen molar-refractivity contribution in [3.63, 3.8) is 0 Å². The molecule has 2 aromatic rings. The smallest absolute Gasteiger partial charge is 0.254 e. The van der Waals surface area contributed by atoms with Crippen molar-refractivity contribution in [1.82, 2.24) is 9.88 Å². The van der Waals surface area contributed by atoms with Crippen LogP contribution in [0.2, 0.25) is 0 Å². The second kappa shape index (κ2) is 5.85. The number of thiazole rings is 1. The third-order valence-corrected chi connectivity index (χ3v) is 4.92. The normalized spacial score (nSPS) is 15.3. The van der Waals surface area contributed by atoms with E-state index in [4.69, 9.17) is 0 Å². The lowest BCUT2D eigenvalue weighted by Gasteiger charge is -2.34. The van der Waals surface area contributed by atoms with E-state index < -0.39 is 0 Å². The van der Waals surface area contributed by atoms with Gasteiger partial charge in [0.15, 0.2) is 5.13 Å². The molecular formula is C16H19N3OS. The molecule has 1 saturated heterocycles. The minimum atomic E-state index is 0.148. The third kappa shape index (κ3) is 2.78. The lowest BCUT2D eigenvalue weighted by Crippen LogP contribution is -2.48. The Hall–Kier alpha value is -1.88. The molecule has 0 spiro atoms. The Morgan fingerprint density at radius 3 is 2.62 bits per heavy atom. The summed E-state index contributed by atoms with van der Waals surface area (Å²) in [6.45, 7) is 7.28. The summed E-state index contributed by atoms with van der Waals surface area (Å²) in [4.78, 5) is 21.2. The minimum Gasteiger partial charge on any atom is -0.345 e. The van der Waals surface area contributed by atoms with Crippen LogP contribution in [0.25, 0.3) is 0 Å². The first-order valence-corrected chi connectivity index (χ1v) is 8.04. The van der Waals surface area contributed by atoms with Crippen LogP contribution < -0.4 is 4.90 Å². The number of aromatic nitrogens is 1. The monoisotopic (exact) mass is 301 g/mol. The van der Waals surface area contributed by atoms with Gasteiger partial charge in [0.2, 0.25) is 0 Å². The van der Waals surface area contributed by atoms with Gasteiger partial charge in [0.1, 0.15) is 0 Å². The molecule has 1 aromatic carbocycles. The van der Waals surface area contributed by atoms with E-state index in [0.717, 1.165) is 42.4 Å². The van der Waals surface area contributed by atoms with Crippen LogP contribution >= 0.6 is 11.3 Å². The molecular weight excluding hydrogens is 282 g/mol. The number of rotatable bonds is 2. The molecule has 1 aromatic heterocycles. The van der Waals surface area contributed by atoms with E-state index in [-0.39, 0.29) is 5.91 Å². The van der Waals surface area contributed by atoms with Crippen molar-refractivity contribution >= 4 is 22.4 Å². The summed E-state index contributed by atoms with van der Waals surface area (Å²) in [5.74, 6) is 0.148. The SMILES string of the molecule is Cc1cccc(C(=O)N2CCN(c3nccs3)CC2)c1C. The Bertz CT molecular complexity index is 631. The summed E-state index contributed by atoms with van der Waals surface area (Å²) < 4.78 is 0. The summed E-state index contributed by atoms with van der Waals surface area (Å²) in [6.07, 6.45) is 1.83. The molecule has 0 saturated carbocycles. The fourth-order valence-electron chi connectivity index (χ4n) is 2.63. The Morgan fingerprint density at radius 2 is 1.95 bits per heavy atom. The molecule has 21 heavy (non-hydrogen) atoms. The summed E-state index contributed by atoms with van der Waals surface area (Å²) in [5.41, 5.74) is 3.09. The second-order valence-electron chi connectivity index (χ2n) is 5.34. The number of hydrogen-bond donors (Lipinski definition) is 0. The highest BCUT2D eigenvalue weighted by atomic mass is 32.1. The number of piperazine rings is 1. The van der Waals surface area contributed by atoms with E-state index in [1.807, 2.05) is 48.5 Å². The van der Waals surface area contributed by atoms with Crippen LogP contribution in [0, 0.1) is 13.8 Å². The fourth-order valence-corrected chi connectivity index (χ4v) is 3.32. The quantitative estimate of drug-likeness (QED) is 0.856. The van der Waals surface area contributed by atoms with Crippen molar-refractivity contribution in [2.45, 2.75) is 13.8 Å². The Kier molecular flexibility index (Phi) is 3.92. The number of nitrogens with zero attached hydrogens (tertiary/aromatic N) is 3. The van der Waals surface area contributed by atoms with Crippen molar-refractivity contribution in [1.29, 1.82) is 0 Å². The van der Waals surface area contributed by atoms with Crippen LogP contribution in [-0.2, 0) is 0 Å². The molecule has 3 rings (SSSR count). The number of anilines is 1. The molecule has 5 heteroatoms. The van der Waals surface area contributed by atoms with Gasteiger partial charge in [0, 0.05) is 43.3 Å². The van der Waals surface area contributed by atoms with Crippen LogP contribution in [0.3, 0.4) is 0 Å². The molecule has 1 aliphatic heterocycles. The Morgan fingerprint density at radius 1 is 1.19 bits per heavy atom. The average Bonchev–Trinajstić information content (AvgIpc) is 3.04. The Labute approximate surface area is 129 Å². The minimum absolute atomic E-state index is 0.148. The van der Waals surface area contributed by atoms with Gasteiger partial charge in [-0.05, 0) is 31.0 Å². The van der Waals surface area contributed by atoms with Crippen molar-refractivity contribution in [2.75, 3.05) is 31.1 Å². The van der Waals surface area contributed by atoms with Gasteiger partial charge in [-0.2, -0.15) is 0 Å². The van der Waals surface area contributed by atoms with Crippen molar-refractivity contribution in [3.8, 4) is 0 Å². The molecule has 0 radical (unpaired) electrons. The summed E-state index contributed by atoms with van der Waals surface area (Å²) in [6, 6.07) is 5.94. The molecule has 0 unspecified atom stereocenters. The maximum Gasteiger partial charge on any atom is 0.254 e. The van der Waals surface area contributed by atoms with Gasteiger partial charge < -0.3 is 9.80 Å². The standard InChI is InChI=1S/C16H19N3OS/c1-12-4-3-5-14(13(12)2)15(20)18-7-9-19(10-8-18)16-17-6-11-21-16/h3-6,11H,7-10H2,1-2H3. The molecule has 4 nitrogen and oxygen atoms in total. The number of hydrogen-bond acceptors (Lipinski definition) is 4. The predicted molar refractivity (Wildman–Crippen MR) is 86.1 cm³/mol. The van der Waals surface area contributed by atoms with Crippen molar-refractivity contribution < 1.29 is 4.79 Å².